The first-order valence-electron chi connectivity index (χ1n) is 29.3. The molecule has 0 aliphatic heterocycles. The molecule has 9 aromatic carbocycles. The van der Waals surface area contributed by atoms with Gasteiger partial charge in [-0.05, 0) is 113 Å². The molecule has 0 radical (unpaired) electrons. The minimum Gasteiger partial charge on any atom is -0.307 e. The highest BCUT2D eigenvalue weighted by molar-refractivity contribution is 6.15. The molecule has 7 heterocycles. The van der Waals surface area contributed by atoms with E-state index >= 15 is 0 Å². The second kappa shape index (κ2) is 21.8. The van der Waals surface area contributed by atoms with Crippen LogP contribution >= 0.6 is 0 Å². The van der Waals surface area contributed by atoms with Crippen molar-refractivity contribution >= 4 is 43.6 Å². The Balaban J connectivity index is 0.972. The lowest BCUT2D eigenvalue weighted by molar-refractivity contribution is 1.09. The molecule has 16 rings (SSSR count). The number of nitriles is 1. The number of rotatable bonds is 11. The molecule has 0 amide bonds. The molecule has 88 heavy (non-hydrogen) atoms. The Bertz CT molecular complexity index is 4790. The van der Waals surface area contributed by atoms with E-state index in [4.69, 9.17) is 24.9 Å². The van der Waals surface area contributed by atoms with Crippen LogP contribution in [-0.4, -0.2) is 34.1 Å². The van der Waals surface area contributed by atoms with E-state index in [2.05, 4.69) is 221 Å². The molecule has 0 unspecified atom stereocenters. The van der Waals surface area contributed by atoms with Gasteiger partial charge in [0.25, 0.3) is 0 Å². The Morgan fingerprint density at radius 3 is 0.841 bits per heavy atom. The maximum Gasteiger partial charge on any atom is 0.0991 e. The van der Waals surface area contributed by atoms with Crippen LogP contribution in [0.3, 0.4) is 0 Å². The second-order valence-corrected chi connectivity index (χ2v) is 21.9. The molecular formula is C80H50N8. The van der Waals surface area contributed by atoms with E-state index in [0.29, 0.717) is 5.56 Å². The molecule has 0 aliphatic rings. The van der Waals surface area contributed by atoms with Crippen molar-refractivity contribution in [2.45, 2.75) is 0 Å². The normalized spacial score (nSPS) is 11.4. The predicted molar refractivity (Wildman–Crippen MR) is 358 cm³/mol. The summed E-state index contributed by atoms with van der Waals surface area (Å²) in [6.45, 7) is 0. The van der Waals surface area contributed by atoms with Gasteiger partial charge in [-0.2, -0.15) is 5.26 Å². The van der Waals surface area contributed by atoms with Crippen molar-refractivity contribution in [3.8, 4) is 118 Å². The maximum absolute atomic E-state index is 10.2. The number of nitrogens with zero attached hydrogens (tertiary/aromatic N) is 8. The first kappa shape index (κ1) is 51.5. The minimum absolute atomic E-state index is 0.570. The highest BCUT2D eigenvalue weighted by atomic mass is 15.0. The Morgan fingerprint density at radius 2 is 0.557 bits per heavy atom. The van der Waals surface area contributed by atoms with Crippen molar-refractivity contribution in [1.82, 2.24) is 34.1 Å². The van der Waals surface area contributed by atoms with Crippen molar-refractivity contribution in [2.75, 3.05) is 0 Å². The summed E-state index contributed by atoms with van der Waals surface area (Å²) in [6.07, 6.45) is 11.5. The first-order chi connectivity index (χ1) is 43.6. The number of hydrogen-bond donors (Lipinski definition) is 0. The molecular weight excluding hydrogens is 1070 g/mol. The molecule has 410 valence electrons. The van der Waals surface area contributed by atoms with Gasteiger partial charge in [0.2, 0.25) is 0 Å². The summed E-state index contributed by atoms with van der Waals surface area (Å²) >= 11 is 0. The molecule has 0 bridgehead atoms. The predicted octanol–water partition coefficient (Wildman–Crippen LogP) is 19.7. The molecule has 0 saturated heterocycles. The summed E-state index contributed by atoms with van der Waals surface area (Å²) in [6, 6.07) is 95.7. The van der Waals surface area contributed by atoms with Crippen LogP contribution in [-0.2, 0) is 0 Å². The third-order valence-corrected chi connectivity index (χ3v) is 16.9. The molecule has 8 heteroatoms. The average Bonchev–Trinajstić information content (AvgIpc) is 1.65. The van der Waals surface area contributed by atoms with E-state index in [-0.39, 0.29) is 0 Å². The van der Waals surface area contributed by atoms with Gasteiger partial charge in [0, 0.05) is 96.4 Å². The van der Waals surface area contributed by atoms with Crippen LogP contribution in [0.2, 0.25) is 0 Å². The quantitative estimate of drug-likeness (QED) is 0.128. The zero-order valence-corrected chi connectivity index (χ0v) is 47.4. The Kier molecular flexibility index (Phi) is 12.7. The minimum atomic E-state index is 0.570. The summed E-state index contributed by atoms with van der Waals surface area (Å²) in [4.78, 5) is 25.1. The number of hydrogen-bond acceptors (Lipinski definition) is 6. The number of aromatic nitrogens is 7. The Morgan fingerprint density at radius 1 is 0.273 bits per heavy atom. The fourth-order valence-corrected chi connectivity index (χ4v) is 12.9. The highest BCUT2D eigenvalue weighted by Gasteiger charge is 2.25. The van der Waals surface area contributed by atoms with Crippen LogP contribution in [0.5, 0.6) is 0 Å². The van der Waals surface area contributed by atoms with E-state index in [0.717, 1.165) is 156 Å². The molecule has 0 N–H and O–H groups in total. The molecule has 8 nitrogen and oxygen atoms in total. The standard InChI is InChI=1S/C80H50N8/c81-49-52-29-31-53(32-30-52)76-74(87-70-37-33-58(62-25-13-41-83-77(62)54-17-5-1-6-18-54)45-66(70)67-46-59(34-38-71(67)87)63-26-14-42-84-78(63)55-19-7-2-8-20-55)50-82-51-75(76)88-72-39-35-60(64-27-15-43-85-79(64)56-21-9-3-10-22-56)47-68(72)69-48-61(36-40-73(69)88)65-28-16-44-86-80(65)57-23-11-4-12-24-57/h1-48,50-51H. The van der Waals surface area contributed by atoms with Crippen molar-refractivity contribution in [1.29, 1.82) is 5.26 Å². The largest absolute Gasteiger partial charge is 0.307 e. The summed E-state index contributed by atoms with van der Waals surface area (Å²) in [5.74, 6) is 0. The molecule has 7 aromatic heterocycles. The van der Waals surface area contributed by atoms with Crippen LogP contribution < -0.4 is 0 Å². The fourth-order valence-electron chi connectivity index (χ4n) is 12.9. The van der Waals surface area contributed by atoms with Crippen molar-refractivity contribution in [3.05, 3.63) is 310 Å². The van der Waals surface area contributed by atoms with E-state index in [1.165, 1.54) is 0 Å². The van der Waals surface area contributed by atoms with E-state index in [1.807, 2.05) is 97.8 Å². The summed E-state index contributed by atoms with van der Waals surface area (Å²) in [5.41, 5.74) is 24.3. The van der Waals surface area contributed by atoms with Gasteiger partial charge in [-0.25, -0.2) is 0 Å². The van der Waals surface area contributed by atoms with Crippen LogP contribution in [0.4, 0.5) is 0 Å². The molecule has 0 fully saturated rings. The van der Waals surface area contributed by atoms with Gasteiger partial charge in [-0.3, -0.25) is 24.9 Å². The smallest absolute Gasteiger partial charge is 0.0991 e. The van der Waals surface area contributed by atoms with Crippen molar-refractivity contribution < 1.29 is 0 Å². The third-order valence-electron chi connectivity index (χ3n) is 16.9. The fraction of sp³-hybridized carbons (Fsp3) is 0. The monoisotopic (exact) mass is 1120 g/mol. The zero-order chi connectivity index (χ0) is 58.5. The van der Waals surface area contributed by atoms with Gasteiger partial charge in [0.15, 0.2) is 0 Å². The third kappa shape index (κ3) is 8.89. The number of benzene rings is 9. The van der Waals surface area contributed by atoms with Crippen LogP contribution in [0, 0.1) is 11.3 Å². The number of fused-ring (bicyclic) bond motifs is 6. The first-order valence-corrected chi connectivity index (χ1v) is 29.3. The molecule has 0 saturated carbocycles. The average molecular weight is 1120 g/mol. The van der Waals surface area contributed by atoms with Crippen LogP contribution in [0.1, 0.15) is 5.56 Å². The molecule has 0 spiro atoms. The molecule has 16 aromatic rings. The van der Waals surface area contributed by atoms with E-state index < -0.39 is 0 Å². The van der Waals surface area contributed by atoms with Crippen LogP contribution in [0.15, 0.2) is 304 Å². The maximum atomic E-state index is 10.2. The zero-order valence-electron chi connectivity index (χ0n) is 47.4. The Hall–Kier alpha value is -12.2. The lowest BCUT2D eigenvalue weighted by Crippen LogP contribution is -2.05. The molecule has 0 aliphatic carbocycles. The van der Waals surface area contributed by atoms with E-state index in [9.17, 15) is 5.26 Å². The van der Waals surface area contributed by atoms with Gasteiger partial charge in [0.05, 0.1) is 80.2 Å². The van der Waals surface area contributed by atoms with E-state index in [1.54, 1.807) is 0 Å². The lowest BCUT2D eigenvalue weighted by Gasteiger charge is -2.20. The topological polar surface area (TPSA) is 98.1 Å². The van der Waals surface area contributed by atoms with Crippen molar-refractivity contribution in [3.63, 3.8) is 0 Å². The Labute approximate surface area is 507 Å². The van der Waals surface area contributed by atoms with Gasteiger partial charge >= 0.3 is 0 Å². The summed E-state index contributed by atoms with van der Waals surface area (Å²) < 4.78 is 4.74. The highest BCUT2D eigenvalue weighted by Crippen LogP contribution is 2.46. The van der Waals surface area contributed by atoms with Gasteiger partial charge in [-0.1, -0.05) is 182 Å². The molecule has 0 atom stereocenters. The second-order valence-electron chi connectivity index (χ2n) is 21.9. The van der Waals surface area contributed by atoms with Gasteiger partial charge in [0.1, 0.15) is 0 Å². The van der Waals surface area contributed by atoms with Gasteiger partial charge in [-0.15, -0.1) is 0 Å². The van der Waals surface area contributed by atoms with Crippen LogP contribution in [0.25, 0.3) is 156 Å². The number of pyridine rings is 5. The SMILES string of the molecule is N#Cc1ccc(-c2c(-n3c4ccc(-c5cccnc5-c5ccccc5)cc4c4cc(-c5cccnc5-c5ccccc5)ccc43)cncc2-n2c3ccc(-c4cccnc4-c4ccccc4)cc3c3cc(-c4cccnc4-c4ccccc4)ccc32)cc1. The summed E-state index contributed by atoms with van der Waals surface area (Å²) in [5, 5.41) is 14.5. The van der Waals surface area contributed by atoms with Crippen molar-refractivity contribution in [2.24, 2.45) is 0 Å². The lowest BCUT2D eigenvalue weighted by atomic mass is 9.96. The van der Waals surface area contributed by atoms with Gasteiger partial charge < -0.3 is 9.13 Å². The summed E-state index contributed by atoms with van der Waals surface area (Å²) in [7, 11) is 0.